The molecule has 6 rings (SSSR count). The van der Waals surface area contributed by atoms with Crippen LogP contribution in [-0.2, 0) is 19.1 Å². The summed E-state index contributed by atoms with van der Waals surface area (Å²) in [7, 11) is 1.20. The summed E-state index contributed by atoms with van der Waals surface area (Å²) in [6, 6.07) is 31.7. The topological polar surface area (TPSA) is 123 Å². The Bertz CT molecular complexity index is 1750. The van der Waals surface area contributed by atoms with Crippen molar-refractivity contribution in [1.29, 1.82) is 5.26 Å². The number of carbonyl (C=O) groups is 2. The van der Waals surface area contributed by atoms with E-state index in [2.05, 4.69) is 6.07 Å². The first-order valence-corrected chi connectivity index (χ1v) is 14.0. The lowest BCUT2D eigenvalue weighted by atomic mass is 9.67. The monoisotopic (exact) mass is 585 g/mol. The van der Waals surface area contributed by atoms with Crippen LogP contribution in [0.2, 0.25) is 0 Å². The second-order valence-electron chi connectivity index (χ2n) is 10.7. The highest BCUT2D eigenvalue weighted by Gasteiger charge is 2.68. The minimum atomic E-state index is -1.91. The highest BCUT2D eigenvalue weighted by atomic mass is 16.6. The summed E-state index contributed by atoms with van der Waals surface area (Å²) in [5.74, 6) is -2.59. The Kier molecular flexibility index (Phi) is 7.41. The zero-order valence-corrected chi connectivity index (χ0v) is 23.6. The van der Waals surface area contributed by atoms with Gasteiger partial charge in [0.1, 0.15) is 6.04 Å². The Labute approximate surface area is 253 Å². The largest absolute Gasteiger partial charge is 0.468 e. The van der Waals surface area contributed by atoms with Gasteiger partial charge in [-0.15, -0.1) is 0 Å². The Morgan fingerprint density at radius 3 is 2.07 bits per heavy atom. The lowest BCUT2D eigenvalue weighted by Crippen LogP contribution is -2.41. The highest BCUT2D eigenvalue weighted by molar-refractivity contribution is 5.90. The summed E-state index contributed by atoms with van der Waals surface area (Å²) >= 11 is 0. The van der Waals surface area contributed by atoms with Crippen LogP contribution >= 0.6 is 0 Å². The molecule has 0 aromatic heterocycles. The number of nitro groups is 1. The number of nitrogens with zero attached hydrogens (tertiary/aromatic N) is 3. The fourth-order valence-corrected chi connectivity index (χ4v) is 6.51. The van der Waals surface area contributed by atoms with Gasteiger partial charge in [-0.3, -0.25) is 14.9 Å². The molecule has 2 heterocycles. The van der Waals surface area contributed by atoms with Crippen molar-refractivity contribution in [3.8, 4) is 6.07 Å². The number of esters is 2. The molecule has 0 spiro atoms. The van der Waals surface area contributed by atoms with Gasteiger partial charge in [-0.05, 0) is 33.9 Å². The van der Waals surface area contributed by atoms with Crippen LogP contribution in [0.1, 0.15) is 45.9 Å². The number of rotatable bonds is 7. The standard InChI is InChI=1S/C35H27N3O6/c1-43-34(40)35(22-36)29(24-16-18-27(19-17-24)38(41)42)30(37-21-20-23-10-8-9-15-28(23)32(35)37)33(39)44-31(25-11-4-2-5-12-25)26-13-6-3-7-14-26/h2-21,29-32H,1H3/t29-,30+,32+,35-/m1/s1. The van der Waals surface area contributed by atoms with Crippen molar-refractivity contribution in [3.05, 3.63) is 153 Å². The van der Waals surface area contributed by atoms with E-state index in [0.29, 0.717) is 11.1 Å². The quantitative estimate of drug-likeness (QED) is 0.145. The van der Waals surface area contributed by atoms with Crippen LogP contribution in [0.4, 0.5) is 5.69 Å². The van der Waals surface area contributed by atoms with Gasteiger partial charge in [-0.25, -0.2) is 4.79 Å². The molecule has 9 nitrogen and oxygen atoms in total. The summed E-state index contributed by atoms with van der Waals surface area (Å²) in [6.07, 6.45) is 2.76. The normalized spacial score (nSPS) is 21.6. The number of carbonyl (C=O) groups excluding carboxylic acids is 2. The van der Waals surface area contributed by atoms with Gasteiger partial charge in [0.25, 0.3) is 5.69 Å². The predicted molar refractivity (Wildman–Crippen MR) is 161 cm³/mol. The van der Waals surface area contributed by atoms with Gasteiger partial charge < -0.3 is 14.4 Å². The van der Waals surface area contributed by atoms with E-state index in [9.17, 15) is 25.0 Å². The summed E-state index contributed by atoms with van der Waals surface area (Å²) in [5.41, 5.74) is 1.26. The summed E-state index contributed by atoms with van der Waals surface area (Å²) in [4.78, 5) is 41.1. The fourth-order valence-electron chi connectivity index (χ4n) is 6.51. The van der Waals surface area contributed by atoms with E-state index in [0.717, 1.165) is 16.7 Å². The van der Waals surface area contributed by atoms with Crippen LogP contribution in [0.3, 0.4) is 0 Å². The molecule has 1 saturated heterocycles. The van der Waals surface area contributed by atoms with Crippen LogP contribution in [0.25, 0.3) is 6.08 Å². The molecule has 2 aliphatic rings. The van der Waals surface area contributed by atoms with Crippen LogP contribution in [0.15, 0.2) is 115 Å². The van der Waals surface area contributed by atoms with Crippen molar-refractivity contribution in [2.24, 2.45) is 5.41 Å². The van der Waals surface area contributed by atoms with E-state index in [1.54, 1.807) is 11.1 Å². The lowest BCUT2D eigenvalue weighted by molar-refractivity contribution is -0.384. The maximum atomic E-state index is 14.6. The van der Waals surface area contributed by atoms with Crippen molar-refractivity contribution >= 4 is 23.7 Å². The van der Waals surface area contributed by atoms with E-state index in [1.165, 1.54) is 31.4 Å². The lowest BCUT2D eigenvalue weighted by Gasteiger charge is -2.35. The first-order chi connectivity index (χ1) is 21.4. The minimum absolute atomic E-state index is 0.164. The molecule has 4 atom stereocenters. The Balaban J connectivity index is 1.54. The van der Waals surface area contributed by atoms with Gasteiger partial charge in [0, 0.05) is 24.3 Å². The van der Waals surface area contributed by atoms with E-state index in [1.807, 2.05) is 91.0 Å². The number of hydrogen-bond donors (Lipinski definition) is 0. The molecule has 0 radical (unpaired) electrons. The van der Waals surface area contributed by atoms with Gasteiger partial charge in [0.15, 0.2) is 11.5 Å². The van der Waals surface area contributed by atoms with Gasteiger partial charge in [0.2, 0.25) is 0 Å². The molecule has 0 amide bonds. The van der Waals surface area contributed by atoms with Crippen LogP contribution in [0.5, 0.6) is 0 Å². The van der Waals surface area contributed by atoms with Gasteiger partial charge in [-0.2, -0.15) is 5.26 Å². The molecule has 4 aromatic carbocycles. The minimum Gasteiger partial charge on any atom is -0.468 e. The zero-order valence-electron chi connectivity index (χ0n) is 23.6. The maximum Gasteiger partial charge on any atom is 0.330 e. The summed E-state index contributed by atoms with van der Waals surface area (Å²) < 4.78 is 11.6. The van der Waals surface area contributed by atoms with Crippen molar-refractivity contribution in [3.63, 3.8) is 0 Å². The number of ether oxygens (including phenoxy) is 2. The maximum absolute atomic E-state index is 14.6. The molecule has 0 N–H and O–H groups in total. The third-order valence-corrected chi connectivity index (χ3v) is 8.43. The molecule has 9 heteroatoms. The molecular formula is C35H27N3O6. The van der Waals surface area contributed by atoms with Crippen LogP contribution in [0, 0.1) is 26.9 Å². The van der Waals surface area contributed by atoms with E-state index < -0.39 is 46.4 Å². The molecule has 0 bridgehead atoms. The molecule has 44 heavy (non-hydrogen) atoms. The van der Waals surface area contributed by atoms with Crippen LogP contribution < -0.4 is 0 Å². The molecule has 218 valence electrons. The van der Waals surface area contributed by atoms with Crippen molar-refractivity contribution in [2.45, 2.75) is 24.1 Å². The molecular weight excluding hydrogens is 558 g/mol. The zero-order chi connectivity index (χ0) is 30.8. The average Bonchev–Trinajstić information content (AvgIpc) is 3.39. The van der Waals surface area contributed by atoms with Gasteiger partial charge in [-0.1, -0.05) is 97.1 Å². The van der Waals surface area contributed by atoms with Crippen molar-refractivity contribution in [1.82, 2.24) is 4.90 Å². The second-order valence-corrected chi connectivity index (χ2v) is 10.7. The fraction of sp³-hybridized carbons (Fsp3) is 0.171. The molecule has 0 unspecified atom stereocenters. The molecule has 2 aliphatic heterocycles. The first kappa shape index (κ1) is 28.4. The van der Waals surface area contributed by atoms with Gasteiger partial charge >= 0.3 is 11.9 Å². The van der Waals surface area contributed by atoms with Crippen LogP contribution in [-0.4, -0.2) is 34.9 Å². The average molecular weight is 586 g/mol. The number of fused-ring (bicyclic) bond motifs is 3. The summed E-state index contributed by atoms with van der Waals surface area (Å²) in [5, 5.41) is 22.4. The third kappa shape index (κ3) is 4.57. The number of non-ortho nitro benzene ring substituents is 1. The van der Waals surface area contributed by atoms with E-state index >= 15 is 0 Å². The SMILES string of the molecule is COC(=O)[C@]1(C#N)[C@H](c2ccc([N+](=O)[O-])cc2)[C@@H](C(=O)OC(c2ccccc2)c2ccccc2)N2C=Cc3ccccc3[C@H]21. The van der Waals surface area contributed by atoms with Crippen molar-refractivity contribution < 1.29 is 24.0 Å². The highest BCUT2D eigenvalue weighted by Crippen LogP contribution is 2.60. The van der Waals surface area contributed by atoms with Gasteiger partial charge in [0.05, 0.1) is 24.1 Å². The number of benzene rings is 4. The predicted octanol–water partition coefficient (Wildman–Crippen LogP) is 6.10. The van der Waals surface area contributed by atoms with Crippen molar-refractivity contribution in [2.75, 3.05) is 7.11 Å². The third-order valence-electron chi connectivity index (χ3n) is 8.43. The molecule has 0 saturated carbocycles. The number of hydrogen-bond acceptors (Lipinski definition) is 8. The molecule has 1 fully saturated rings. The number of nitriles is 1. The second kappa shape index (κ2) is 11.5. The van der Waals surface area contributed by atoms with E-state index in [-0.39, 0.29) is 5.69 Å². The van der Waals surface area contributed by atoms with E-state index in [4.69, 9.17) is 9.47 Å². The number of nitro benzene ring substituents is 1. The summed E-state index contributed by atoms with van der Waals surface area (Å²) in [6.45, 7) is 0. The molecule has 0 aliphatic carbocycles. The first-order valence-electron chi connectivity index (χ1n) is 14.0. The Morgan fingerprint density at radius 1 is 0.909 bits per heavy atom. The Morgan fingerprint density at radius 2 is 1.50 bits per heavy atom. The number of methoxy groups -OCH3 is 1. The Hall–Kier alpha value is -5.75. The molecule has 4 aromatic rings. The smallest absolute Gasteiger partial charge is 0.330 e.